The summed E-state index contributed by atoms with van der Waals surface area (Å²) in [5.74, 6) is 1.99. The molecule has 0 fully saturated rings. The zero-order chi connectivity index (χ0) is 26.5. The van der Waals surface area contributed by atoms with Gasteiger partial charge < -0.3 is 10.1 Å². The van der Waals surface area contributed by atoms with Gasteiger partial charge in [0.15, 0.2) is 5.13 Å². The molecule has 0 aliphatic carbocycles. The highest BCUT2D eigenvalue weighted by Crippen LogP contribution is 2.39. The van der Waals surface area contributed by atoms with Crippen LogP contribution in [0.3, 0.4) is 0 Å². The molecule has 5 heterocycles. The van der Waals surface area contributed by atoms with Crippen molar-refractivity contribution in [2.45, 2.75) is 53.0 Å². The second-order valence-electron chi connectivity index (χ2n) is 9.66. The molecule has 196 valence electrons. The van der Waals surface area contributed by atoms with Gasteiger partial charge in [0.25, 0.3) is 5.91 Å². The van der Waals surface area contributed by atoms with Gasteiger partial charge in [-0.3, -0.25) is 15.1 Å². The van der Waals surface area contributed by atoms with Gasteiger partial charge in [0.1, 0.15) is 17.3 Å². The first-order valence-corrected chi connectivity index (χ1v) is 13.9. The van der Waals surface area contributed by atoms with E-state index in [1.54, 1.807) is 29.8 Å². The number of hydrogen-bond acceptors (Lipinski definition) is 8. The molecule has 38 heavy (non-hydrogen) atoms. The molecular weight excluding hydrogens is 496 g/mol. The maximum atomic E-state index is 13.0. The van der Waals surface area contributed by atoms with Gasteiger partial charge in [-0.1, -0.05) is 26.8 Å². The Morgan fingerprint density at radius 2 is 2.00 bits per heavy atom. The van der Waals surface area contributed by atoms with Gasteiger partial charge in [-0.15, -0.1) is 11.3 Å². The molecule has 0 saturated carbocycles. The zero-order valence-electron chi connectivity index (χ0n) is 22.0. The number of thiazole rings is 1. The number of hydrogen-bond donors (Lipinski definition) is 2. The number of nitrogens with zero attached hydrogens (tertiary/aromatic N) is 4. The third-order valence-corrected chi connectivity index (χ3v) is 7.63. The number of fused-ring (bicyclic) bond motifs is 1. The average molecular weight is 529 g/mol. The summed E-state index contributed by atoms with van der Waals surface area (Å²) in [7, 11) is 0. The van der Waals surface area contributed by atoms with Crippen LogP contribution >= 0.6 is 11.3 Å². The van der Waals surface area contributed by atoms with Crippen LogP contribution in [0.5, 0.6) is 5.75 Å². The fraction of sp³-hybridized carbons (Fsp3) is 0.345. The van der Waals surface area contributed by atoms with Crippen molar-refractivity contribution in [3.05, 3.63) is 76.4 Å². The van der Waals surface area contributed by atoms with Crippen LogP contribution in [0, 0.1) is 5.92 Å². The highest BCUT2D eigenvalue weighted by Gasteiger charge is 2.22. The number of carbonyl (C=O) groups is 1. The smallest absolute Gasteiger partial charge is 0.276 e. The van der Waals surface area contributed by atoms with Gasteiger partial charge in [0.2, 0.25) is 0 Å². The fourth-order valence-electron chi connectivity index (χ4n) is 4.45. The van der Waals surface area contributed by atoms with Gasteiger partial charge >= 0.3 is 0 Å². The number of carbonyl (C=O) groups excluding carboxylic acids is 1. The molecule has 2 N–H and O–H groups in total. The first-order chi connectivity index (χ1) is 18.5. The van der Waals surface area contributed by atoms with Gasteiger partial charge in [-0.25, -0.2) is 15.0 Å². The van der Waals surface area contributed by atoms with E-state index >= 15 is 0 Å². The normalized spacial score (nSPS) is 12.3. The molecule has 0 unspecified atom stereocenters. The summed E-state index contributed by atoms with van der Waals surface area (Å²) in [5.41, 5.74) is 5.23. The van der Waals surface area contributed by atoms with Crippen LogP contribution in [-0.2, 0) is 25.8 Å². The van der Waals surface area contributed by atoms with E-state index in [2.05, 4.69) is 46.4 Å². The summed E-state index contributed by atoms with van der Waals surface area (Å²) in [5, 5.41) is 6.97. The third-order valence-electron chi connectivity index (χ3n) is 6.47. The van der Waals surface area contributed by atoms with Crippen molar-refractivity contribution in [1.29, 1.82) is 0 Å². The Morgan fingerprint density at radius 1 is 1.16 bits per heavy atom. The third kappa shape index (κ3) is 5.83. The minimum atomic E-state index is -0.257. The predicted molar refractivity (Wildman–Crippen MR) is 151 cm³/mol. The Labute approximate surface area is 227 Å². The Morgan fingerprint density at radius 3 is 2.79 bits per heavy atom. The van der Waals surface area contributed by atoms with Gasteiger partial charge in [0.05, 0.1) is 24.5 Å². The molecule has 0 radical (unpaired) electrons. The van der Waals surface area contributed by atoms with E-state index in [1.807, 2.05) is 30.5 Å². The SMILES string of the molecule is CCc1sc(NC(=O)c2cccc(CNc3ncc(-c4ccncc4)c4c3CCO4)n2)nc1CCC(C)C. The van der Waals surface area contributed by atoms with E-state index < -0.39 is 0 Å². The lowest BCUT2D eigenvalue weighted by molar-refractivity contribution is 0.102. The topological polar surface area (TPSA) is 102 Å². The molecule has 0 spiro atoms. The second kappa shape index (κ2) is 11.7. The van der Waals surface area contributed by atoms with Crippen molar-refractivity contribution < 1.29 is 9.53 Å². The van der Waals surface area contributed by atoms with Crippen LogP contribution in [0.4, 0.5) is 10.9 Å². The van der Waals surface area contributed by atoms with E-state index in [-0.39, 0.29) is 5.91 Å². The van der Waals surface area contributed by atoms with Crippen LogP contribution in [0.2, 0.25) is 0 Å². The molecule has 1 amide bonds. The van der Waals surface area contributed by atoms with Gasteiger partial charge in [-0.05, 0) is 55.0 Å². The van der Waals surface area contributed by atoms with Crippen LogP contribution < -0.4 is 15.4 Å². The average Bonchev–Trinajstić information content (AvgIpc) is 3.58. The van der Waals surface area contributed by atoms with Gasteiger partial charge in [-0.2, -0.15) is 0 Å². The lowest BCUT2D eigenvalue weighted by Gasteiger charge is -2.13. The van der Waals surface area contributed by atoms with Crippen molar-refractivity contribution in [3.63, 3.8) is 0 Å². The standard InChI is InChI=1S/C29H32N6O2S/c1-4-25-23(9-8-18(2)3)34-29(38-25)35-28(36)24-7-5-6-20(33-24)16-31-27-21-12-15-37-26(21)22(17-32-27)19-10-13-30-14-11-19/h5-7,10-11,13-14,17-18H,4,8-9,12,15-16H2,1-3H3,(H,31,32)(H,34,35,36). The molecule has 9 heteroatoms. The fourth-order valence-corrected chi connectivity index (χ4v) is 5.39. The van der Waals surface area contributed by atoms with Crippen LogP contribution in [0.15, 0.2) is 48.9 Å². The molecule has 0 saturated heterocycles. The van der Waals surface area contributed by atoms with Crippen molar-refractivity contribution >= 4 is 28.2 Å². The number of nitrogens with one attached hydrogen (secondary N) is 2. The highest BCUT2D eigenvalue weighted by atomic mass is 32.1. The Kier molecular flexibility index (Phi) is 7.93. The summed E-state index contributed by atoms with van der Waals surface area (Å²) >= 11 is 1.55. The van der Waals surface area contributed by atoms with E-state index in [0.717, 1.165) is 65.3 Å². The van der Waals surface area contributed by atoms with Crippen molar-refractivity contribution in [2.24, 2.45) is 5.92 Å². The summed E-state index contributed by atoms with van der Waals surface area (Å²) in [4.78, 5) is 32.3. The Bertz CT molecular complexity index is 1420. The maximum Gasteiger partial charge on any atom is 0.276 e. The number of aryl methyl sites for hydroxylation is 2. The van der Waals surface area contributed by atoms with E-state index in [4.69, 9.17) is 9.72 Å². The lowest BCUT2D eigenvalue weighted by atomic mass is 10.0. The molecule has 5 rings (SSSR count). The largest absolute Gasteiger partial charge is 0.492 e. The van der Waals surface area contributed by atoms with Gasteiger partial charge in [0, 0.05) is 41.0 Å². The quantitative estimate of drug-likeness (QED) is 0.262. The first-order valence-electron chi connectivity index (χ1n) is 13.1. The van der Waals surface area contributed by atoms with Crippen molar-refractivity contribution in [1.82, 2.24) is 19.9 Å². The number of amides is 1. The van der Waals surface area contributed by atoms with Crippen LogP contribution in [-0.4, -0.2) is 32.4 Å². The van der Waals surface area contributed by atoms with Crippen molar-refractivity contribution in [2.75, 3.05) is 17.2 Å². The second-order valence-corrected chi connectivity index (χ2v) is 10.7. The molecule has 0 atom stereocenters. The lowest BCUT2D eigenvalue weighted by Crippen LogP contribution is -2.15. The predicted octanol–water partition coefficient (Wildman–Crippen LogP) is 5.95. The number of pyridine rings is 3. The molecule has 0 aromatic carbocycles. The van der Waals surface area contributed by atoms with E-state index in [1.165, 1.54) is 4.88 Å². The Hall–Kier alpha value is -3.85. The number of ether oxygens (including phenoxy) is 1. The molecule has 1 aliphatic rings. The number of aromatic nitrogens is 4. The summed E-state index contributed by atoms with van der Waals surface area (Å²) in [6.07, 6.45) is 9.06. The molecular formula is C29H32N6O2S. The monoisotopic (exact) mass is 528 g/mol. The minimum absolute atomic E-state index is 0.257. The molecule has 1 aliphatic heterocycles. The number of anilines is 2. The molecule has 4 aromatic rings. The summed E-state index contributed by atoms with van der Waals surface area (Å²) in [6, 6.07) is 9.37. The zero-order valence-corrected chi connectivity index (χ0v) is 22.8. The Balaban J connectivity index is 1.26. The van der Waals surface area contributed by atoms with Crippen molar-refractivity contribution in [3.8, 4) is 16.9 Å². The molecule has 8 nitrogen and oxygen atoms in total. The molecule has 4 aromatic heterocycles. The summed E-state index contributed by atoms with van der Waals surface area (Å²) < 4.78 is 5.95. The maximum absolute atomic E-state index is 13.0. The number of rotatable bonds is 10. The van der Waals surface area contributed by atoms with E-state index in [9.17, 15) is 4.79 Å². The molecule has 0 bridgehead atoms. The minimum Gasteiger partial charge on any atom is -0.492 e. The highest BCUT2D eigenvalue weighted by molar-refractivity contribution is 7.15. The van der Waals surface area contributed by atoms with E-state index in [0.29, 0.717) is 29.9 Å². The van der Waals surface area contributed by atoms with Crippen LogP contribution in [0.1, 0.15) is 59.5 Å². The van der Waals surface area contributed by atoms with Crippen LogP contribution in [0.25, 0.3) is 11.1 Å². The summed E-state index contributed by atoms with van der Waals surface area (Å²) in [6.45, 7) is 7.61. The first kappa shape index (κ1) is 25.8.